The van der Waals surface area contributed by atoms with Gasteiger partial charge in [0.25, 0.3) is 0 Å². The highest BCUT2D eigenvalue weighted by Crippen LogP contribution is 2.81. The normalized spacial score (nSPS) is 31.3. The molecule has 0 aliphatic heterocycles. The highest BCUT2D eigenvalue weighted by atomic mass is 16.6. The molecule has 0 heterocycles. The van der Waals surface area contributed by atoms with Crippen LogP contribution in [0.15, 0.2) is 22.3 Å². The number of carbonyl (C=O) groups excluding carboxylic acids is 2. The summed E-state index contributed by atoms with van der Waals surface area (Å²) >= 11 is 0. The maximum Gasteiger partial charge on any atom is 0.336 e. The molecule has 1 fully saturated rings. The van der Waals surface area contributed by atoms with Crippen molar-refractivity contribution in [3.05, 3.63) is 22.3 Å². The minimum absolute atomic E-state index is 0.280. The average Bonchev–Trinajstić information content (AvgIpc) is 2.85. The Hall–Kier alpha value is -1.58. The summed E-state index contributed by atoms with van der Waals surface area (Å²) in [5.74, 6) is -0.617. The zero-order valence-corrected chi connectivity index (χ0v) is 19.7. The molecule has 0 aromatic heterocycles. The van der Waals surface area contributed by atoms with Crippen LogP contribution in [-0.4, -0.2) is 23.1 Å². The van der Waals surface area contributed by atoms with Crippen LogP contribution in [0.4, 0.5) is 0 Å². The third-order valence-electron chi connectivity index (χ3n) is 7.39. The molecule has 2 unspecified atom stereocenters. The fraction of sp³-hybridized carbons (Fsp3) is 0.769. The molecule has 0 spiro atoms. The first kappa shape index (κ1) is 21.6. The first-order valence-corrected chi connectivity index (χ1v) is 11.9. The number of hydrogen-bond donors (Lipinski definition) is 0. The van der Waals surface area contributed by atoms with Crippen molar-refractivity contribution in [3.8, 4) is 0 Å². The lowest BCUT2D eigenvalue weighted by Crippen LogP contribution is -2.66. The molecule has 1 saturated carbocycles. The van der Waals surface area contributed by atoms with Crippen LogP contribution in [0.3, 0.4) is 0 Å². The number of hydrogen-bond acceptors (Lipinski definition) is 4. The Morgan fingerprint density at radius 2 is 1.00 bits per heavy atom. The van der Waals surface area contributed by atoms with Gasteiger partial charge < -0.3 is 9.47 Å². The quantitative estimate of drug-likeness (QED) is 0.399. The van der Waals surface area contributed by atoms with E-state index in [4.69, 9.17) is 9.47 Å². The third kappa shape index (κ3) is 3.00. The standard InChI is InChI=1S/C26H38O4/c1-23(2,3)29-21(27)19-20(22(28)30-24(4,5)6)26-16-12-8-11-15-25(19,26)17-13-9-7-10-14-18(17)26/h7-16H2,1-6H3. The molecule has 4 rings (SSSR count). The maximum atomic E-state index is 13.5. The smallest absolute Gasteiger partial charge is 0.336 e. The molecule has 4 nitrogen and oxygen atoms in total. The van der Waals surface area contributed by atoms with E-state index in [1.165, 1.54) is 30.4 Å². The van der Waals surface area contributed by atoms with Crippen LogP contribution in [0.25, 0.3) is 0 Å². The molecule has 0 N–H and O–H groups in total. The highest BCUT2D eigenvalue weighted by molar-refractivity contribution is 6.10. The predicted octanol–water partition coefficient (Wildman–Crippen LogP) is 6.19. The Labute approximate surface area is 181 Å². The van der Waals surface area contributed by atoms with E-state index in [1.54, 1.807) is 0 Å². The molecule has 4 aliphatic carbocycles. The second-order valence-corrected chi connectivity index (χ2v) is 11.6. The van der Waals surface area contributed by atoms with E-state index in [0.717, 1.165) is 44.9 Å². The van der Waals surface area contributed by atoms with Crippen LogP contribution in [0.5, 0.6) is 0 Å². The van der Waals surface area contributed by atoms with Crippen LogP contribution in [0.2, 0.25) is 0 Å². The second kappa shape index (κ2) is 6.97. The van der Waals surface area contributed by atoms with Gasteiger partial charge in [-0.2, -0.15) is 0 Å². The van der Waals surface area contributed by atoms with Crippen molar-refractivity contribution >= 4 is 11.9 Å². The minimum Gasteiger partial charge on any atom is -0.457 e. The van der Waals surface area contributed by atoms with Crippen LogP contribution in [-0.2, 0) is 19.1 Å². The summed E-state index contributed by atoms with van der Waals surface area (Å²) in [5, 5.41) is 0. The summed E-state index contributed by atoms with van der Waals surface area (Å²) in [6, 6.07) is 0. The lowest BCUT2D eigenvalue weighted by Gasteiger charge is -2.69. The van der Waals surface area contributed by atoms with E-state index >= 15 is 0 Å². The first-order chi connectivity index (χ1) is 13.9. The molecule has 0 aromatic rings. The molecule has 0 saturated heterocycles. The monoisotopic (exact) mass is 414 g/mol. The number of esters is 2. The Balaban J connectivity index is 1.87. The summed E-state index contributed by atoms with van der Waals surface area (Å²) in [4.78, 5) is 27.0. The molecule has 2 atom stereocenters. The SMILES string of the molecule is CC(C)(C)OC(=O)C1=C(C(=O)OC(C)(C)C)C23CCCCCC12C1=C3CCCCC1. The number of rotatable bonds is 2. The number of allylic oxidation sites excluding steroid dienone is 2. The van der Waals surface area contributed by atoms with E-state index < -0.39 is 11.2 Å². The Morgan fingerprint density at radius 3 is 1.37 bits per heavy atom. The van der Waals surface area contributed by atoms with Crippen molar-refractivity contribution in [1.82, 2.24) is 0 Å². The minimum atomic E-state index is -0.590. The van der Waals surface area contributed by atoms with Crippen LogP contribution in [0, 0.1) is 10.8 Å². The van der Waals surface area contributed by atoms with Gasteiger partial charge in [-0.1, -0.05) is 36.8 Å². The van der Waals surface area contributed by atoms with Gasteiger partial charge in [-0.05, 0) is 80.1 Å². The van der Waals surface area contributed by atoms with Crippen LogP contribution < -0.4 is 0 Å². The van der Waals surface area contributed by atoms with E-state index in [2.05, 4.69) is 0 Å². The van der Waals surface area contributed by atoms with Gasteiger partial charge in [-0.15, -0.1) is 0 Å². The lowest BCUT2D eigenvalue weighted by molar-refractivity contribution is -0.162. The lowest BCUT2D eigenvalue weighted by atomic mass is 9.31. The van der Waals surface area contributed by atoms with Gasteiger partial charge in [0, 0.05) is 10.8 Å². The summed E-state index contributed by atoms with van der Waals surface area (Å²) < 4.78 is 11.7. The molecular weight excluding hydrogens is 376 g/mol. The van der Waals surface area contributed by atoms with E-state index in [0.29, 0.717) is 11.1 Å². The van der Waals surface area contributed by atoms with Crippen molar-refractivity contribution < 1.29 is 19.1 Å². The summed E-state index contributed by atoms with van der Waals surface area (Å²) in [6.45, 7) is 11.4. The Kier molecular flexibility index (Phi) is 5.03. The highest BCUT2D eigenvalue weighted by Gasteiger charge is 2.77. The second-order valence-electron chi connectivity index (χ2n) is 11.6. The van der Waals surface area contributed by atoms with Gasteiger partial charge >= 0.3 is 11.9 Å². The van der Waals surface area contributed by atoms with E-state index in [1.807, 2.05) is 41.5 Å². The fourth-order valence-electron chi connectivity index (χ4n) is 6.72. The molecule has 0 radical (unpaired) electrons. The van der Waals surface area contributed by atoms with Crippen molar-refractivity contribution in [2.75, 3.05) is 0 Å². The first-order valence-electron chi connectivity index (χ1n) is 11.9. The zero-order valence-electron chi connectivity index (χ0n) is 19.7. The van der Waals surface area contributed by atoms with Crippen molar-refractivity contribution in [3.63, 3.8) is 0 Å². The summed E-state index contributed by atoms with van der Waals surface area (Å²) in [7, 11) is 0. The molecule has 30 heavy (non-hydrogen) atoms. The van der Waals surface area contributed by atoms with Crippen LogP contribution >= 0.6 is 0 Å². The summed E-state index contributed by atoms with van der Waals surface area (Å²) in [6.07, 6.45) is 11.0. The predicted molar refractivity (Wildman–Crippen MR) is 117 cm³/mol. The molecule has 0 amide bonds. The zero-order chi connectivity index (χ0) is 21.9. The third-order valence-corrected chi connectivity index (χ3v) is 7.39. The Bertz CT molecular complexity index is 766. The van der Waals surface area contributed by atoms with E-state index in [-0.39, 0.29) is 22.8 Å². The van der Waals surface area contributed by atoms with Gasteiger partial charge in [0.15, 0.2) is 0 Å². The average molecular weight is 415 g/mol. The van der Waals surface area contributed by atoms with Crippen molar-refractivity contribution in [2.24, 2.45) is 10.8 Å². The van der Waals surface area contributed by atoms with Gasteiger partial charge in [0.05, 0.1) is 11.1 Å². The van der Waals surface area contributed by atoms with Gasteiger partial charge in [-0.3, -0.25) is 0 Å². The number of ether oxygens (including phenoxy) is 2. The van der Waals surface area contributed by atoms with Crippen LogP contribution in [0.1, 0.15) is 106 Å². The van der Waals surface area contributed by atoms with E-state index in [9.17, 15) is 9.59 Å². The fourth-order valence-corrected chi connectivity index (χ4v) is 6.72. The molecule has 4 heteroatoms. The molecule has 4 aliphatic rings. The van der Waals surface area contributed by atoms with Crippen molar-refractivity contribution in [2.45, 2.75) is 117 Å². The molecule has 0 bridgehead atoms. The van der Waals surface area contributed by atoms with Crippen molar-refractivity contribution in [1.29, 1.82) is 0 Å². The topological polar surface area (TPSA) is 52.6 Å². The Morgan fingerprint density at radius 1 is 0.633 bits per heavy atom. The van der Waals surface area contributed by atoms with Gasteiger partial charge in [-0.25, -0.2) is 9.59 Å². The largest absolute Gasteiger partial charge is 0.457 e. The number of carbonyl (C=O) groups is 2. The van der Waals surface area contributed by atoms with Gasteiger partial charge in [0.2, 0.25) is 0 Å². The van der Waals surface area contributed by atoms with Gasteiger partial charge in [0.1, 0.15) is 11.2 Å². The molecular formula is C26H38O4. The maximum absolute atomic E-state index is 13.5. The molecule has 0 aromatic carbocycles. The summed E-state index contributed by atoms with van der Waals surface area (Å²) in [5.41, 5.74) is 2.46. The molecule has 166 valence electrons.